The maximum absolute atomic E-state index is 13.5. The minimum absolute atomic E-state index is 0.283. The monoisotopic (exact) mass is 582 g/mol. The first-order chi connectivity index (χ1) is 17.2. The summed E-state index contributed by atoms with van der Waals surface area (Å²) in [5.41, 5.74) is 5.62. The summed E-state index contributed by atoms with van der Waals surface area (Å²) in [6, 6.07) is 14.8. The Labute approximate surface area is 226 Å². The third-order valence-electron chi connectivity index (χ3n) is 6.00. The first kappa shape index (κ1) is 24.5. The second-order valence-corrected chi connectivity index (χ2v) is 10.1. The van der Waals surface area contributed by atoms with Gasteiger partial charge in [0.15, 0.2) is 5.82 Å². The van der Waals surface area contributed by atoms with E-state index in [0.717, 1.165) is 33.4 Å². The minimum atomic E-state index is -0.283. The van der Waals surface area contributed by atoms with E-state index in [2.05, 4.69) is 31.4 Å². The van der Waals surface area contributed by atoms with E-state index in [1.54, 1.807) is 23.0 Å². The molecule has 0 saturated heterocycles. The number of halogens is 3. The van der Waals surface area contributed by atoms with Crippen molar-refractivity contribution in [2.75, 3.05) is 5.32 Å². The molecule has 0 aliphatic heterocycles. The lowest BCUT2D eigenvalue weighted by molar-refractivity contribution is 0.102. The quantitative estimate of drug-likeness (QED) is 0.246. The predicted octanol–water partition coefficient (Wildman–Crippen LogP) is 6.82. The number of anilines is 1. The lowest BCUT2D eigenvalue weighted by atomic mass is 10.0. The van der Waals surface area contributed by atoms with E-state index in [9.17, 15) is 4.79 Å². The molecule has 0 aliphatic carbocycles. The standard InChI is InChI=1S/C26H21BrCl2N6O/c1-14-24(15(2)34(3)32-14)23-11-18(17-6-4-5-7-22(17)30-23)26(36)31-25-19(27)13-35(33-25)12-16-8-9-20(28)21(29)10-16/h4-11,13H,12H2,1-3H3,(H,31,33,36). The van der Waals surface area contributed by atoms with Gasteiger partial charge in [-0.2, -0.15) is 10.2 Å². The smallest absolute Gasteiger partial charge is 0.257 e. The number of carbonyl (C=O) groups is 1. The Bertz CT molecular complexity index is 1640. The third-order valence-corrected chi connectivity index (χ3v) is 7.32. The van der Waals surface area contributed by atoms with Crippen molar-refractivity contribution < 1.29 is 4.79 Å². The zero-order valence-corrected chi connectivity index (χ0v) is 22.8. The normalized spacial score (nSPS) is 11.3. The number of fused-ring (bicyclic) bond motifs is 1. The predicted molar refractivity (Wildman–Crippen MR) is 147 cm³/mol. The second kappa shape index (κ2) is 9.69. The fraction of sp³-hybridized carbons (Fsp3) is 0.154. The topological polar surface area (TPSA) is 77.6 Å². The van der Waals surface area contributed by atoms with Crippen LogP contribution < -0.4 is 5.32 Å². The number of rotatable bonds is 5. The number of carbonyl (C=O) groups excluding carboxylic acids is 1. The van der Waals surface area contributed by atoms with Gasteiger partial charge in [-0.25, -0.2) is 4.98 Å². The van der Waals surface area contributed by atoms with Crippen LogP contribution in [0.4, 0.5) is 5.82 Å². The Balaban J connectivity index is 1.49. The van der Waals surface area contributed by atoms with Crippen LogP contribution in [0.1, 0.15) is 27.3 Å². The molecule has 36 heavy (non-hydrogen) atoms. The number of amides is 1. The molecule has 3 heterocycles. The van der Waals surface area contributed by atoms with Crippen molar-refractivity contribution in [3.8, 4) is 11.3 Å². The Hall–Kier alpha value is -3.20. The SMILES string of the molecule is Cc1nn(C)c(C)c1-c1cc(C(=O)Nc2nn(Cc3ccc(Cl)c(Cl)c3)cc2Br)c2ccccc2n1. The number of nitrogens with one attached hydrogen (secondary N) is 1. The van der Waals surface area contributed by atoms with Crippen molar-refractivity contribution in [1.82, 2.24) is 24.5 Å². The number of hydrogen-bond acceptors (Lipinski definition) is 4. The molecular formula is C26H21BrCl2N6O. The van der Waals surface area contributed by atoms with Crippen LogP contribution in [-0.4, -0.2) is 30.5 Å². The number of pyridine rings is 1. The number of para-hydroxylation sites is 1. The van der Waals surface area contributed by atoms with E-state index in [1.165, 1.54) is 0 Å². The molecule has 2 aromatic carbocycles. The molecule has 1 N–H and O–H groups in total. The highest BCUT2D eigenvalue weighted by atomic mass is 79.9. The molecule has 0 saturated carbocycles. The molecule has 5 aromatic rings. The maximum atomic E-state index is 13.5. The van der Waals surface area contributed by atoms with Crippen molar-refractivity contribution in [1.29, 1.82) is 0 Å². The van der Waals surface area contributed by atoms with Gasteiger partial charge in [0.2, 0.25) is 0 Å². The molecule has 0 radical (unpaired) electrons. The molecule has 0 fully saturated rings. The molecule has 0 bridgehead atoms. The van der Waals surface area contributed by atoms with Crippen LogP contribution in [0.25, 0.3) is 22.2 Å². The summed E-state index contributed by atoms with van der Waals surface area (Å²) in [6.45, 7) is 4.40. The lowest BCUT2D eigenvalue weighted by Crippen LogP contribution is -2.14. The van der Waals surface area contributed by atoms with Crippen LogP contribution in [0.3, 0.4) is 0 Å². The lowest BCUT2D eigenvalue weighted by Gasteiger charge is -2.10. The molecule has 5 rings (SSSR count). The highest BCUT2D eigenvalue weighted by Gasteiger charge is 2.20. The van der Waals surface area contributed by atoms with E-state index < -0.39 is 0 Å². The fourth-order valence-electron chi connectivity index (χ4n) is 4.20. The summed E-state index contributed by atoms with van der Waals surface area (Å²) >= 11 is 15.7. The van der Waals surface area contributed by atoms with Gasteiger partial charge >= 0.3 is 0 Å². The van der Waals surface area contributed by atoms with Crippen molar-refractivity contribution in [3.63, 3.8) is 0 Å². The van der Waals surface area contributed by atoms with Crippen molar-refractivity contribution in [2.45, 2.75) is 20.4 Å². The van der Waals surface area contributed by atoms with Crippen LogP contribution in [-0.2, 0) is 13.6 Å². The van der Waals surface area contributed by atoms with E-state index >= 15 is 0 Å². The number of benzene rings is 2. The van der Waals surface area contributed by atoms with Gasteiger partial charge in [-0.1, -0.05) is 47.5 Å². The van der Waals surface area contributed by atoms with Crippen LogP contribution in [0.2, 0.25) is 10.0 Å². The molecule has 0 spiro atoms. The van der Waals surface area contributed by atoms with Crippen molar-refractivity contribution in [2.24, 2.45) is 7.05 Å². The third kappa shape index (κ3) is 4.64. The minimum Gasteiger partial charge on any atom is -0.304 e. The molecule has 10 heteroatoms. The molecule has 7 nitrogen and oxygen atoms in total. The molecule has 0 aliphatic rings. The zero-order valence-electron chi connectivity index (χ0n) is 19.7. The average molecular weight is 584 g/mol. The molecule has 0 unspecified atom stereocenters. The highest BCUT2D eigenvalue weighted by Crippen LogP contribution is 2.30. The first-order valence-corrected chi connectivity index (χ1v) is 12.6. The number of nitrogens with zero attached hydrogens (tertiary/aromatic N) is 5. The molecule has 0 atom stereocenters. The summed E-state index contributed by atoms with van der Waals surface area (Å²) in [4.78, 5) is 18.4. The Morgan fingerprint density at radius 3 is 2.56 bits per heavy atom. The van der Waals surface area contributed by atoms with E-state index in [1.807, 2.05) is 62.0 Å². The largest absolute Gasteiger partial charge is 0.304 e. The molecule has 1 amide bonds. The van der Waals surface area contributed by atoms with Crippen LogP contribution in [0.5, 0.6) is 0 Å². The average Bonchev–Trinajstić information content (AvgIpc) is 3.31. The van der Waals surface area contributed by atoms with Crippen LogP contribution in [0, 0.1) is 13.8 Å². The van der Waals surface area contributed by atoms with Gasteiger partial charge in [0, 0.05) is 29.9 Å². The summed E-state index contributed by atoms with van der Waals surface area (Å²) in [5, 5.41) is 13.7. The van der Waals surface area contributed by atoms with Crippen LogP contribution in [0.15, 0.2) is 59.2 Å². The van der Waals surface area contributed by atoms with Gasteiger partial charge in [0.1, 0.15) is 0 Å². The van der Waals surface area contributed by atoms with Crippen LogP contribution >= 0.6 is 39.1 Å². The van der Waals surface area contributed by atoms with Crippen molar-refractivity contribution in [3.05, 3.63) is 91.8 Å². The molecule has 3 aromatic heterocycles. The Morgan fingerprint density at radius 1 is 1.06 bits per heavy atom. The maximum Gasteiger partial charge on any atom is 0.257 e. The molecular weight excluding hydrogens is 563 g/mol. The van der Waals surface area contributed by atoms with Crippen molar-refractivity contribution >= 4 is 61.8 Å². The zero-order chi connectivity index (χ0) is 25.6. The number of hydrogen-bond donors (Lipinski definition) is 1. The molecule has 182 valence electrons. The first-order valence-electron chi connectivity index (χ1n) is 11.1. The fourth-order valence-corrected chi connectivity index (χ4v) is 4.93. The summed E-state index contributed by atoms with van der Waals surface area (Å²) in [5.74, 6) is 0.130. The van der Waals surface area contributed by atoms with Gasteiger partial charge in [0.25, 0.3) is 5.91 Å². The van der Waals surface area contributed by atoms with E-state index in [0.29, 0.717) is 38.1 Å². The second-order valence-electron chi connectivity index (χ2n) is 8.47. The van der Waals surface area contributed by atoms with Gasteiger partial charge in [-0.05, 0) is 59.6 Å². The summed E-state index contributed by atoms with van der Waals surface area (Å²) < 4.78 is 4.20. The van der Waals surface area contributed by atoms with E-state index in [-0.39, 0.29) is 5.91 Å². The number of aromatic nitrogens is 5. The van der Waals surface area contributed by atoms with Gasteiger partial charge in [-0.3, -0.25) is 14.2 Å². The highest BCUT2D eigenvalue weighted by molar-refractivity contribution is 9.10. The Kier molecular flexibility index (Phi) is 6.59. The number of aryl methyl sites for hydroxylation is 2. The van der Waals surface area contributed by atoms with E-state index in [4.69, 9.17) is 28.2 Å². The Morgan fingerprint density at radius 2 is 1.83 bits per heavy atom. The van der Waals surface area contributed by atoms with Gasteiger partial charge < -0.3 is 5.32 Å². The van der Waals surface area contributed by atoms with Gasteiger partial charge in [-0.15, -0.1) is 0 Å². The summed E-state index contributed by atoms with van der Waals surface area (Å²) in [6.07, 6.45) is 1.80. The summed E-state index contributed by atoms with van der Waals surface area (Å²) in [7, 11) is 1.90. The van der Waals surface area contributed by atoms with Gasteiger partial charge in [0.05, 0.1) is 43.5 Å².